The summed E-state index contributed by atoms with van der Waals surface area (Å²) < 4.78 is 19.4. The Morgan fingerprint density at radius 1 is 1.28 bits per heavy atom. The highest BCUT2D eigenvalue weighted by atomic mass is 19.1. The largest absolute Gasteiger partial charge is 0.472 e. The summed E-state index contributed by atoms with van der Waals surface area (Å²) in [6.45, 7) is 7.90. The van der Waals surface area contributed by atoms with Crippen LogP contribution in [0.2, 0.25) is 0 Å². The number of urea groups is 1. The molecule has 192 valence electrons. The number of hydrogen-bond donors (Lipinski definition) is 2. The number of likely N-dealkylation sites (N-methyl/N-ethyl adjacent to an activating group) is 1. The first-order chi connectivity index (χ1) is 17.1. The van der Waals surface area contributed by atoms with E-state index >= 15 is 0 Å². The summed E-state index contributed by atoms with van der Waals surface area (Å²) in [4.78, 5) is 33.5. The van der Waals surface area contributed by atoms with Gasteiger partial charge in [0.15, 0.2) is 0 Å². The highest BCUT2D eigenvalue weighted by Gasteiger charge is 2.34. The van der Waals surface area contributed by atoms with Gasteiger partial charge in [-0.1, -0.05) is 18.8 Å². The first kappa shape index (κ1) is 27.0. The molecule has 0 bridgehead atoms. The summed E-state index contributed by atoms with van der Waals surface area (Å²) in [5.74, 6) is 5.23. The second-order valence-electron chi connectivity index (χ2n) is 9.44. The van der Waals surface area contributed by atoms with E-state index in [1.54, 1.807) is 42.0 Å². The minimum absolute atomic E-state index is 0.00836. The van der Waals surface area contributed by atoms with Crippen LogP contribution >= 0.6 is 0 Å². The highest BCUT2D eigenvalue weighted by molar-refractivity contribution is 5.97. The molecule has 3 rings (SSSR count). The van der Waals surface area contributed by atoms with E-state index < -0.39 is 12.1 Å². The van der Waals surface area contributed by atoms with Crippen LogP contribution in [0.4, 0.5) is 9.18 Å². The molecule has 2 heterocycles. The molecule has 2 aromatic rings. The number of rotatable bonds is 5. The number of amides is 3. The summed E-state index contributed by atoms with van der Waals surface area (Å²) >= 11 is 0. The number of aliphatic hydroxyl groups excluding tert-OH is 1. The molecular formula is C27H33FN4O4. The van der Waals surface area contributed by atoms with Gasteiger partial charge in [0.1, 0.15) is 17.5 Å². The van der Waals surface area contributed by atoms with Gasteiger partial charge in [-0.2, -0.15) is 0 Å². The monoisotopic (exact) mass is 496 g/mol. The van der Waals surface area contributed by atoms with Crippen molar-refractivity contribution in [1.82, 2.24) is 20.1 Å². The lowest BCUT2D eigenvalue weighted by Gasteiger charge is -2.37. The highest BCUT2D eigenvalue weighted by Crippen LogP contribution is 2.27. The Balaban J connectivity index is 1.95. The molecule has 0 saturated heterocycles. The third kappa shape index (κ3) is 6.73. The molecule has 0 unspecified atom stereocenters. The van der Waals surface area contributed by atoms with Gasteiger partial charge < -0.3 is 25.0 Å². The molecule has 0 fully saturated rings. The number of benzene rings is 1. The minimum atomic E-state index is -0.447. The van der Waals surface area contributed by atoms with Crippen molar-refractivity contribution in [1.29, 1.82) is 0 Å². The van der Waals surface area contributed by atoms with Crippen molar-refractivity contribution in [3.63, 3.8) is 0 Å². The Hall–Kier alpha value is -3.64. The van der Waals surface area contributed by atoms with Crippen LogP contribution in [0.15, 0.2) is 36.5 Å². The van der Waals surface area contributed by atoms with Crippen molar-refractivity contribution in [2.45, 2.75) is 45.9 Å². The molecule has 2 N–H and O–H groups in total. The summed E-state index contributed by atoms with van der Waals surface area (Å²) in [7, 11) is 1.69. The zero-order chi connectivity index (χ0) is 26.4. The second kappa shape index (κ2) is 11.9. The quantitative estimate of drug-likeness (QED) is 0.621. The molecule has 1 aromatic heterocycles. The van der Waals surface area contributed by atoms with Crippen LogP contribution in [0.3, 0.4) is 0 Å². The van der Waals surface area contributed by atoms with Crippen molar-refractivity contribution in [2.24, 2.45) is 5.92 Å². The van der Waals surface area contributed by atoms with Crippen molar-refractivity contribution in [3.05, 3.63) is 59.0 Å². The maximum absolute atomic E-state index is 13.5. The maximum Gasteiger partial charge on any atom is 0.317 e. The van der Waals surface area contributed by atoms with Gasteiger partial charge in [-0.15, -0.1) is 0 Å². The summed E-state index contributed by atoms with van der Waals surface area (Å²) in [6.07, 6.45) is 1.07. The molecule has 3 atom stereocenters. The SMILES string of the molecule is CC(C)NC(=O)N(C)C[C@@H]1Oc2ncc(C#Cc3ccc(F)cc3)cc2C(=O)N([C@@H](C)CO)C[C@H]1C. The number of carbonyl (C=O) groups is 2. The lowest BCUT2D eigenvalue weighted by atomic mass is 10.00. The second-order valence-corrected chi connectivity index (χ2v) is 9.44. The Labute approximate surface area is 211 Å². The molecular weight excluding hydrogens is 463 g/mol. The van der Waals surface area contributed by atoms with Gasteiger partial charge in [-0.3, -0.25) is 4.79 Å². The number of hydrogen-bond acceptors (Lipinski definition) is 5. The lowest BCUT2D eigenvalue weighted by molar-refractivity contribution is 0.0351. The van der Waals surface area contributed by atoms with Crippen molar-refractivity contribution in [3.8, 4) is 17.7 Å². The average Bonchev–Trinajstić information content (AvgIpc) is 2.84. The molecule has 3 amide bonds. The molecule has 1 aliphatic heterocycles. The fraction of sp³-hybridized carbons (Fsp3) is 0.444. The Kier molecular flexibility index (Phi) is 8.88. The molecule has 36 heavy (non-hydrogen) atoms. The molecule has 8 nitrogen and oxygen atoms in total. The van der Waals surface area contributed by atoms with E-state index in [0.29, 0.717) is 17.7 Å². The van der Waals surface area contributed by atoms with Gasteiger partial charge in [-0.05, 0) is 51.1 Å². The van der Waals surface area contributed by atoms with E-state index in [4.69, 9.17) is 4.74 Å². The molecule has 1 aromatic carbocycles. The molecule has 0 aliphatic carbocycles. The van der Waals surface area contributed by atoms with E-state index in [-0.39, 0.29) is 54.3 Å². The summed E-state index contributed by atoms with van der Waals surface area (Å²) in [5.41, 5.74) is 1.34. The predicted molar refractivity (Wildman–Crippen MR) is 134 cm³/mol. The number of nitrogens with zero attached hydrogens (tertiary/aromatic N) is 3. The summed E-state index contributed by atoms with van der Waals surface area (Å²) in [6, 6.07) is 6.75. The summed E-state index contributed by atoms with van der Waals surface area (Å²) in [5, 5.41) is 12.7. The topological polar surface area (TPSA) is 95.0 Å². The number of aromatic nitrogens is 1. The molecule has 1 aliphatic rings. The van der Waals surface area contributed by atoms with E-state index in [2.05, 4.69) is 22.1 Å². The third-order valence-electron chi connectivity index (χ3n) is 5.93. The smallest absolute Gasteiger partial charge is 0.317 e. The number of ether oxygens (including phenoxy) is 1. The number of pyridine rings is 1. The van der Waals surface area contributed by atoms with Crippen LogP contribution in [-0.2, 0) is 0 Å². The first-order valence-electron chi connectivity index (χ1n) is 12.0. The molecule has 0 spiro atoms. The lowest BCUT2D eigenvalue weighted by Crippen LogP contribution is -2.51. The molecule has 9 heteroatoms. The molecule has 0 radical (unpaired) electrons. The van der Waals surface area contributed by atoms with E-state index in [1.165, 1.54) is 18.3 Å². The normalized spacial score (nSPS) is 18.2. The van der Waals surface area contributed by atoms with Crippen molar-refractivity contribution >= 4 is 11.9 Å². The zero-order valence-electron chi connectivity index (χ0n) is 21.3. The van der Waals surface area contributed by atoms with Crippen LogP contribution in [0.25, 0.3) is 0 Å². The Morgan fingerprint density at radius 3 is 2.58 bits per heavy atom. The van der Waals surface area contributed by atoms with Gasteiger partial charge >= 0.3 is 6.03 Å². The number of halogens is 1. The maximum atomic E-state index is 13.5. The van der Waals surface area contributed by atoms with Crippen LogP contribution in [0.1, 0.15) is 49.2 Å². The number of nitrogens with one attached hydrogen (secondary N) is 1. The van der Waals surface area contributed by atoms with Crippen LogP contribution in [-0.4, -0.2) is 76.8 Å². The van der Waals surface area contributed by atoms with Gasteiger partial charge in [-0.25, -0.2) is 14.2 Å². The third-order valence-corrected chi connectivity index (χ3v) is 5.93. The number of carbonyl (C=O) groups excluding carboxylic acids is 2. The Morgan fingerprint density at radius 2 is 1.94 bits per heavy atom. The number of fused-ring (bicyclic) bond motifs is 1. The number of aliphatic hydroxyl groups is 1. The van der Waals surface area contributed by atoms with Crippen LogP contribution < -0.4 is 10.1 Å². The Bertz CT molecular complexity index is 1140. The molecule has 0 saturated carbocycles. The van der Waals surface area contributed by atoms with Gasteiger partial charge in [0, 0.05) is 42.9 Å². The first-order valence-corrected chi connectivity index (χ1v) is 12.0. The van der Waals surface area contributed by atoms with Gasteiger partial charge in [0.25, 0.3) is 5.91 Å². The van der Waals surface area contributed by atoms with E-state index in [9.17, 15) is 19.1 Å². The van der Waals surface area contributed by atoms with Gasteiger partial charge in [0.05, 0.1) is 19.2 Å². The standard InChI is InChI=1S/C27H33FN4O4/c1-17(2)30-27(35)31(5)15-24-18(3)14-32(19(4)16-33)26(34)23-12-21(13-29-25(23)36-24)7-6-20-8-10-22(28)11-9-20/h8-13,17-19,24,33H,14-16H2,1-5H3,(H,30,35)/t18-,19+,24+/m1/s1. The van der Waals surface area contributed by atoms with Crippen LogP contribution in [0, 0.1) is 23.6 Å². The van der Waals surface area contributed by atoms with Crippen molar-refractivity contribution in [2.75, 3.05) is 26.7 Å². The van der Waals surface area contributed by atoms with Gasteiger partial charge in [0.2, 0.25) is 5.88 Å². The van der Waals surface area contributed by atoms with Crippen molar-refractivity contribution < 1.29 is 23.8 Å². The minimum Gasteiger partial charge on any atom is -0.472 e. The van der Waals surface area contributed by atoms with E-state index in [1.807, 2.05) is 20.8 Å². The van der Waals surface area contributed by atoms with E-state index in [0.717, 1.165) is 0 Å². The predicted octanol–water partition coefficient (Wildman–Crippen LogP) is 2.89. The average molecular weight is 497 g/mol. The fourth-order valence-corrected chi connectivity index (χ4v) is 3.78. The van der Waals surface area contributed by atoms with Crippen LogP contribution in [0.5, 0.6) is 5.88 Å². The zero-order valence-corrected chi connectivity index (χ0v) is 21.3. The fourth-order valence-electron chi connectivity index (χ4n) is 3.78.